The van der Waals surface area contributed by atoms with Crippen molar-refractivity contribution in [2.24, 2.45) is 0 Å². The van der Waals surface area contributed by atoms with Gasteiger partial charge in [-0.25, -0.2) is 22.4 Å². The molecule has 0 unspecified atom stereocenters. The van der Waals surface area contributed by atoms with E-state index < -0.39 is 83.7 Å². The van der Waals surface area contributed by atoms with Crippen LogP contribution in [0.25, 0.3) is 11.0 Å². The summed E-state index contributed by atoms with van der Waals surface area (Å²) >= 11 is 0. The number of halogens is 4. The number of methoxy groups -OCH3 is 3. The van der Waals surface area contributed by atoms with Crippen LogP contribution < -0.4 is 40.3 Å². The summed E-state index contributed by atoms with van der Waals surface area (Å²) in [7, 11) is 7.26. The van der Waals surface area contributed by atoms with Crippen LogP contribution in [0.2, 0.25) is 0 Å². The Kier molecular flexibility index (Phi) is 14.6. The second-order valence-electron chi connectivity index (χ2n) is 15.1. The maximum atomic E-state index is 14.4. The number of amides is 4. The second-order valence-corrected chi connectivity index (χ2v) is 15.1. The normalized spacial score (nSPS) is 12.5. The molecule has 14 nitrogen and oxygen atoms in total. The third kappa shape index (κ3) is 10.9. The van der Waals surface area contributed by atoms with Crippen molar-refractivity contribution in [1.29, 1.82) is 0 Å². The van der Waals surface area contributed by atoms with Crippen molar-refractivity contribution in [3.63, 3.8) is 0 Å². The van der Waals surface area contributed by atoms with Crippen LogP contribution in [0.15, 0.2) is 108 Å². The van der Waals surface area contributed by atoms with Crippen molar-refractivity contribution in [2.75, 3.05) is 45.2 Å². The molecule has 0 spiro atoms. The predicted molar refractivity (Wildman–Crippen MR) is 234 cm³/mol. The van der Waals surface area contributed by atoms with Gasteiger partial charge in [0.05, 0.1) is 32.4 Å². The van der Waals surface area contributed by atoms with Gasteiger partial charge in [0.1, 0.15) is 65.7 Å². The van der Waals surface area contributed by atoms with E-state index in [0.29, 0.717) is 40.8 Å². The van der Waals surface area contributed by atoms with Crippen LogP contribution in [0.5, 0.6) is 17.2 Å². The van der Waals surface area contributed by atoms with Crippen LogP contribution in [-0.4, -0.2) is 80.3 Å². The highest BCUT2D eigenvalue weighted by Gasteiger charge is 2.33. The monoisotopic (exact) mass is 898 g/mol. The summed E-state index contributed by atoms with van der Waals surface area (Å²) in [4.78, 5) is 72.9. The third-order valence-electron chi connectivity index (χ3n) is 10.9. The Bertz CT molecular complexity index is 2740. The van der Waals surface area contributed by atoms with E-state index in [1.165, 1.54) is 70.3 Å². The molecule has 18 heteroatoms. The van der Waals surface area contributed by atoms with Gasteiger partial charge in [-0.15, -0.1) is 0 Å². The molecule has 0 radical (unpaired) electrons. The maximum absolute atomic E-state index is 14.4. The Hall–Kier alpha value is -7.63. The van der Waals surface area contributed by atoms with E-state index in [0.717, 1.165) is 33.4 Å². The summed E-state index contributed by atoms with van der Waals surface area (Å²) in [6, 6.07) is 20.1. The van der Waals surface area contributed by atoms with Gasteiger partial charge in [-0.2, -0.15) is 0 Å². The number of benzene rings is 5. The number of carbonyl (C=O) groups excluding carboxylic acids is 4. The Morgan fingerprint density at radius 1 is 0.585 bits per heavy atom. The standard InChI is InChI=1S/C47H46F4N6O8/c1-27(29-20-32(50)23-33(51)21-29)44(46(61)55(3)35-9-13-37(64-5)14-10-35)53-43(59)26-57-41-24-38(65-6)15-16-40(41)56(47(57)62)25-42(58)52-39(19-28-17-30(48)22-31(49)18-28)45(60)54(2)34-7-11-36(63-4)12-8-34/h7-18,20-24,27,39,44H,19,25-26H2,1-6H3,(H,52,58)(H,53,59)/t27-,39+,44+/m1/s1. The van der Waals surface area contributed by atoms with Gasteiger partial charge >= 0.3 is 5.69 Å². The van der Waals surface area contributed by atoms with Crippen LogP contribution in [-0.2, 0) is 38.7 Å². The number of likely N-dealkylation sites (N-methyl/N-ethyl adjacent to an activating group) is 2. The average molecular weight is 899 g/mol. The minimum atomic E-state index is -1.42. The van der Waals surface area contributed by atoms with E-state index in [1.807, 2.05) is 0 Å². The van der Waals surface area contributed by atoms with E-state index in [9.17, 15) is 41.5 Å². The fraction of sp³-hybridized carbons (Fsp3) is 0.255. The van der Waals surface area contributed by atoms with E-state index in [4.69, 9.17) is 14.2 Å². The molecular weight excluding hydrogens is 853 g/mol. The Balaban J connectivity index is 1.30. The number of anilines is 2. The summed E-state index contributed by atoms with van der Waals surface area (Å²) in [5, 5.41) is 5.28. The first-order chi connectivity index (χ1) is 31.0. The molecule has 65 heavy (non-hydrogen) atoms. The van der Waals surface area contributed by atoms with E-state index in [1.54, 1.807) is 48.5 Å². The molecule has 0 saturated heterocycles. The molecule has 3 atom stereocenters. The lowest BCUT2D eigenvalue weighted by atomic mass is 9.91. The first-order valence-electron chi connectivity index (χ1n) is 20.1. The smallest absolute Gasteiger partial charge is 0.330 e. The maximum Gasteiger partial charge on any atom is 0.330 e. The summed E-state index contributed by atoms with van der Waals surface area (Å²) in [5.41, 5.74) is 0.459. The zero-order valence-electron chi connectivity index (χ0n) is 36.2. The van der Waals surface area contributed by atoms with Gasteiger partial charge in [0.2, 0.25) is 23.6 Å². The fourth-order valence-electron chi connectivity index (χ4n) is 7.38. The molecule has 340 valence electrons. The molecule has 5 aromatic carbocycles. The third-order valence-corrected chi connectivity index (χ3v) is 10.9. The van der Waals surface area contributed by atoms with Crippen LogP contribution in [0.3, 0.4) is 0 Å². The first kappa shape index (κ1) is 46.9. The molecule has 1 aromatic heterocycles. The van der Waals surface area contributed by atoms with Crippen LogP contribution in [0, 0.1) is 23.3 Å². The van der Waals surface area contributed by atoms with Gasteiger partial charge in [0, 0.05) is 56.0 Å². The van der Waals surface area contributed by atoms with Crippen LogP contribution in [0.1, 0.15) is 24.0 Å². The van der Waals surface area contributed by atoms with Gasteiger partial charge < -0.3 is 34.6 Å². The minimum absolute atomic E-state index is 0.0694. The number of hydrogen-bond acceptors (Lipinski definition) is 8. The molecule has 0 bridgehead atoms. The number of aromatic nitrogens is 2. The second kappa shape index (κ2) is 20.3. The minimum Gasteiger partial charge on any atom is -0.497 e. The molecular formula is C47H46F4N6O8. The van der Waals surface area contributed by atoms with Crippen molar-refractivity contribution in [3.05, 3.63) is 148 Å². The van der Waals surface area contributed by atoms with Gasteiger partial charge in [-0.1, -0.05) is 6.92 Å². The van der Waals surface area contributed by atoms with Crippen molar-refractivity contribution in [2.45, 2.75) is 44.4 Å². The molecule has 6 rings (SSSR count). The van der Waals surface area contributed by atoms with E-state index >= 15 is 0 Å². The van der Waals surface area contributed by atoms with Gasteiger partial charge in [-0.05, 0) is 96.1 Å². The van der Waals surface area contributed by atoms with Crippen molar-refractivity contribution < 1.29 is 51.0 Å². The quantitative estimate of drug-likeness (QED) is 0.110. The summed E-state index contributed by atoms with van der Waals surface area (Å²) < 4.78 is 75.4. The Labute approximate surface area is 370 Å². The lowest BCUT2D eigenvalue weighted by molar-refractivity contribution is -0.128. The summed E-state index contributed by atoms with van der Waals surface area (Å²) in [6.45, 7) is 0.133. The number of ether oxygens (including phenoxy) is 3. The highest BCUT2D eigenvalue weighted by atomic mass is 19.1. The molecule has 4 amide bonds. The zero-order chi connectivity index (χ0) is 47.1. The number of imidazole rings is 1. The zero-order valence-corrected chi connectivity index (χ0v) is 36.2. The number of rotatable bonds is 17. The van der Waals surface area contributed by atoms with Gasteiger partial charge in [-0.3, -0.25) is 28.3 Å². The summed E-state index contributed by atoms with van der Waals surface area (Å²) in [5.74, 6) is -6.23. The van der Waals surface area contributed by atoms with E-state index in [2.05, 4.69) is 10.6 Å². The fourth-order valence-corrected chi connectivity index (χ4v) is 7.38. The first-order valence-corrected chi connectivity index (χ1v) is 20.1. The van der Waals surface area contributed by atoms with Gasteiger partial charge in [0.15, 0.2) is 0 Å². The van der Waals surface area contributed by atoms with Crippen molar-refractivity contribution in [1.82, 2.24) is 19.8 Å². The number of carbonyl (C=O) groups is 4. The topological polar surface area (TPSA) is 153 Å². The molecule has 0 aliphatic heterocycles. The molecule has 0 saturated carbocycles. The van der Waals surface area contributed by atoms with Gasteiger partial charge in [0.25, 0.3) is 0 Å². The Morgan fingerprint density at radius 3 is 1.54 bits per heavy atom. The van der Waals surface area contributed by atoms with Crippen LogP contribution >= 0.6 is 0 Å². The lowest BCUT2D eigenvalue weighted by Gasteiger charge is -2.29. The Morgan fingerprint density at radius 2 is 1.03 bits per heavy atom. The predicted octanol–water partition coefficient (Wildman–Crippen LogP) is 5.73. The SMILES string of the molecule is COc1ccc(N(C)C(=O)[C@H](Cc2cc(F)cc(F)c2)NC(=O)Cn2c(=O)n(CC(=O)N[C@H](C(=O)N(C)c3ccc(OC)cc3)[C@H](C)c3cc(F)cc(F)c3)c3cc(OC)ccc32)cc1. The molecule has 2 N–H and O–H groups in total. The number of fused-ring (bicyclic) bond motifs is 1. The number of nitrogens with zero attached hydrogens (tertiary/aromatic N) is 4. The number of hydrogen-bond donors (Lipinski definition) is 2. The average Bonchev–Trinajstić information content (AvgIpc) is 3.53. The molecule has 0 aliphatic carbocycles. The lowest BCUT2D eigenvalue weighted by Crippen LogP contribution is -2.51. The molecule has 1 heterocycles. The van der Waals surface area contributed by atoms with Crippen molar-refractivity contribution >= 4 is 46.0 Å². The highest BCUT2D eigenvalue weighted by molar-refractivity contribution is 6.00. The van der Waals surface area contributed by atoms with Crippen molar-refractivity contribution in [3.8, 4) is 17.2 Å². The molecule has 0 fully saturated rings. The summed E-state index contributed by atoms with van der Waals surface area (Å²) in [6.07, 6.45) is -0.331. The molecule has 6 aromatic rings. The van der Waals surface area contributed by atoms with Crippen LogP contribution in [0.4, 0.5) is 28.9 Å². The van der Waals surface area contributed by atoms with E-state index in [-0.39, 0.29) is 28.6 Å². The molecule has 0 aliphatic rings. The number of nitrogens with one attached hydrogen (secondary N) is 2. The highest BCUT2D eigenvalue weighted by Crippen LogP contribution is 2.27. The largest absolute Gasteiger partial charge is 0.497 e.